The first kappa shape index (κ1) is 15.6. The summed E-state index contributed by atoms with van der Waals surface area (Å²) < 4.78 is 13.9. The maximum Gasteiger partial charge on any atom is 0.275 e. The molecule has 0 atom stereocenters. The van der Waals surface area contributed by atoms with Crippen molar-refractivity contribution in [2.24, 2.45) is 4.99 Å². The largest absolute Gasteiger partial charge is 0.309 e. The Morgan fingerprint density at radius 2 is 1.74 bits per heavy atom. The van der Waals surface area contributed by atoms with E-state index in [4.69, 9.17) is 0 Å². The Morgan fingerprint density at radius 3 is 2.43 bits per heavy atom. The van der Waals surface area contributed by atoms with Crippen molar-refractivity contribution in [2.75, 3.05) is 0 Å². The van der Waals surface area contributed by atoms with Gasteiger partial charge in [-0.1, -0.05) is 40.2 Å². The number of nitrogens with zero attached hydrogens (tertiary/aromatic N) is 1. The fourth-order valence-electron chi connectivity index (χ4n) is 2.27. The van der Waals surface area contributed by atoms with Crippen molar-refractivity contribution >= 4 is 33.7 Å². The summed E-state index contributed by atoms with van der Waals surface area (Å²) in [6.07, 6.45) is 3.06. The molecule has 0 spiro atoms. The van der Waals surface area contributed by atoms with Crippen LogP contribution >= 0.6 is 15.9 Å². The highest BCUT2D eigenvalue weighted by Gasteiger charge is 2.19. The molecule has 2 aromatic rings. The molecule has 116 valence electrons. The summed E-state index contributed by atoms with van der Waals surface area (Å²) in [5.74, 6) is 0.199. The molecule has 1 N–H and O–H groups in total. The third-order valence-corrected chi connectivity index (χ3v) is 4.01. The van der Waals surface area contributed by atoms with Crippen molar-refractivity contribution in [3.63, 3.8) is 0 Å². The number of carbonyl (C=O) groups excluding carboxylic acids is 1. The number of amides is 1. The summed E-state index contributed by atoms with van der Waals surface area (Å²) in [7, 11) is 0. The average Bonchev–Trinajstić information content (AvgIpc) is 2.89. The highest BCUT2D eigenvalue weighted by atomic mass is 79.9. The van der Waals surface area contributed by atoms with Crippen LogP contribution in [0, 0.1) is 5.82 Å². The van der Waals surface area contributed by atoms with Gasteiger partial charge in [0.25, 0.3) is 5.91 Å². The maximum absolute atomic E-state index is 12.9. The van der Waals surface area contributed by atoms with Crippen molar-refractivity contribution in [1.82, 2.24) is 5.32 Å². The Balaban J connectivity index is 1.68. The highest BCUT2D eigenvalue weighted by molar-refractivity contribution is 9.10. The molecule has 5 heteroatoms. The molecule has 0 fully saturated rings. The lowest BCUT2D eigenvalue weighted by Gasteiger charge is -2.01. The number of halogens is 2. The summed E-state index contributed by atoms with van der Waals surface area (Å²) in [5.41, 5.74) is 2.33. The van der Waals surface area contributed by atoms with E-state index in [1.54, 1.807) is 18.2 Å². The minimum Gasteiger partial charge on any atom is -0.309 e. The van der Waals surface area contributed by atoms with Gasteiger partial charge < -0.3 is 5.32 Å². The topological polar surface area (TPSA) is 41.5 Å². The van der Waals surface area contributed by atoms with E-state index in [0.717, 1.165) is 15.6 Å². The van der Waals surface area contributed by atoms with Gasteiger partial charge in [-0.3, -0.25) is 4.79 Å². The predicted molar refractivity (Wildman–Crippen MR) is 92.4 cm³/mol. The molecule has 23 heavy (non-hydrogen) atoms. The van der Waals surface area contributed by atoms with Crippen LogP contribution in [0.15, 0.2) is 63.7 Å². The van der Waals surface area contributed by atoms with Crippen molar-refractivity contribution in [3.05, 3.63) is 75.6 Å². The summed E-state index contributed by atoms with van der Waals surface area (Å²) in [6, 6.07) is 14.0. The number of aryl methyl sites for hydroxylation is 1. The number of carbonyl (C=O) groups is 1. The van der Waals surface area contributed by atoms with Crippen molar-refractivity contribution in [2.45, 2.75) is 12.8 Å². The van der Waals surface area contributed by atoms with Crippen LogP contribution in [0.3, 0.4) is 0 Å². The Bertz CT molecular complexity index is 780. The van der Waals surface area contributed by atoms with Crippen LogP contribution in [-0.2, 0) is 11.2 Å². The molecule has 0 saturated carbocycles. The quantitative estimate of drug-likeness (QED) is 0.806. The van der Waals surface area contributed by atoms with E-state index in [9.17, 15) is 9.18 Å². The van der Waals surface area contributed by atoms with Gasteiger partial charge in [-0.05, 0) is 47.9 Å². The average molecular weight is 373 g/mol. The summed E-state index contributed by atoms with van der Waals surface area (Å²) >= 11 is 3.38. The van der Waals surface area contributed by atoms with Gasteiger partial charge in [0.15, 0.2) is 0 Å². The lowest BCUT2D eigenvalue weighted by atomic mass is 10.1. The maximum atomic E-state index is 12.9. The van der Waals surface area contributed by atoms with E-state index in [0.29, 0.717) is 24.4 Å². The second kappa shape index (κ2) is 6.87. The normalized spacial score (nSPS) is 15.7. The lowest BCUT2D eigenvalue weighted by molar-refractivity contribution is -0.115. The van der Waals surface area contributed by atoms with Gasteiger partial charge >= 0.3 is 0 Å². The van der Waals surface area contributed by atoms with E-state index in [1.807, 2.05) is 24.3 Å². The number of amidine groups is 1. The standard InChI is InChI=1S/C18H14BrFN2O/c19-14-6-1-13(2-7-14)11-16-18(23)22-17(21-16)10-5-12-3-8-15(20)9-4-12/h1-4,6-9,11H,5,10H2,(H,21,22,23)/b16-11+. The minimum absolute atomic E-state index is 0.193. The predicted octanol–water partition coefficient (Wildman–Crippen LogP) is 4.09. The lowest BCUT2D eigenvalue weighted by Crippen LogP contribution is -2.24. The number of nitrogens with one attached hydrogen (secondary N) is 1. The molecule has 0 aromatic heterocycles. The van der Waals surface area contributed by atoms with Crippen LogP contribution in [0.2, 0.25) is 0 Å². The molecule has 1 heterocycles. The van der Waals surface area contributed by atoms with Crippen molar-refractivity contribution in [3.8, 4) is 0 Å². The molecule has 1 aliphatic rings. The first-order valence-corrected chi connectivity index (χ1v) is 8.00. The van der Waals surface area contributed by atoms with Crippen LogP contribution in [0.1, 0.15) is 17.5 Å². The van der Waals surface area contributed by atoms with Crippen molar-refractivity contribution in [1.29, 1.82) is 0 Å². The molecule has 1 aliphatic heterocycles. The monoisotopic (exact) mass is 372 g/mol. The van der Waals surface area contributed by atoms with Gasteiger partial charge in [-0.25, -0.2) is 9.38 Å². The zero-order valence-electron chi connectivity index (χ0n) is 12.2. The van der Waals surface area contributed by atoms with E-state index < -0.39 is 0 Å². The van der Waals surface area contributed by atoms with Gasteiger partial charge in [0.1, 0.15) is 17.3 Å². The zero-order chi connectivity index (χ0) is 16.2. The first-order chi connectivity index (χ1) is 11.1. The van der Waals surface area contributed by atoms with E-state index in [-0.39, 0.29) is 11.7 Å². The van der Waals surface area contributed by atoms with Gasteiger partial charge in [0.05, 0.1) is 0 Å². The molecule has 3 rings (SSSR count). The van der Waals surface area contributed by atoms with Crippen LogP contribution in [0.25, 0.3) is 6.08 Å². The first-order valence-electron chi connectivity index (χ1n) is 7.21. The molecular weight excluding hydrogens is 359 g/mol. The summed E-state index contributed by atoms with van der Waals surface area (Å²) in [4.78, 5) is 16.3. The zero-order valence-corrected chi connectivity index (χ0v) is 13.8. The molecular formula is C18H14BrFN2O. The van der Waals surface area contributed by atoms with Gasteiger partial charge in [0.2, 0.25) is 0 Å². The molecule has 3 nitrogen and oxygen atoms in total. The Morgan fingerprint density at radius 1 is 1.04 bits per heavy atom. The number of hydrogen-bond donors (Lipinski definition) is 1. The molecule has 0 aliphatic carbocycles. The number of aliphatic imine (C=N–C) groups is 1. The van der Waals surface area contributed by atoms with E-state index >= 15 is 0 Å². The van der Waals surface area contributed by atoms with Gasteiger partial charge in [0, 0.05) is 10.9 Å². The number of hydrogen-bond acceptors (Lipinski definition) is 2. The fourth-order valence-corrected chi connectivity index (χ4v) is 2.53. The van der Waals surface area contributed by atoms with Crippen molar-refractivity contribution < 1.29 is 9.18 Å². The number of benzene rings is 2. The summed E-state index contributed by atoms with van der Waals surface area (Å²) in [6.45, 7) is 0. The SMILES string of the molecule is O=C1NC(CCc2ccc(F)cc2)=N/C1=C/c1ccc(Br)cc1. The van der Waals surface area contributed by atoms with Crippen LogP contribution in [0.4, 0.5) is 4.39 Å². The minimum atomic E-state index is -0.250. The Kier molecular flexibility index (Phi) is 4.67. The Labute approximate surface area is 142 Å². The van der Waals surface area contributed by atoms with Crippen LogP contribution in [0.5, 0.6) is 0 Å². The second-order valence-electron chi connectivity index (χ2n) is 5.22. The van der Waals surface area contributed by atoms with Crippen LogP contribution < -0.4 is 5.32 Å². The third kappa shape index (κ3) is 4.13. The van der Waals surface area contributed by atoms with Gasteiger partial charge in [-0.15, -0.1) is 0 Å². The second-order valence-corrected chi connectivity index (χ2v) is 6.14. The van der Waals surface area contributed by atoms with E-state index in [2.05, 4.69) is 26.2 Å². The molecule has 0 radical (unpaired) electrons. The molecule has 0 saturated heterocycles. The van der Waals surface area contributed by atoms with E-state index in [1.165, 1.54) is 12.1 Å². The summed E-state index contributed by atoms with van der Waals surface area (Å²) in [5, 5.41) is 2.78. The third-order valence-electron chi connectivity index (χ3n) is 3.48. The smallest absolute Gasteiger partial charge is 0.275 e. The molecule has 2 aromatic carbocycles. The molecule has 1 amide bonds. The number of rotatable bonds is 4. The molecule has 0 unspecified atom stereocenters. The highest BCUT2D eigenvalue weighted by Crippen LogP contribution is 2.16. The Hall–Kier alpha value is -2.27. The fraction of sp³-hybridized carbons (Fsp3) is 0.111. The van der Waals surface area contributed by atoms with Gasteiger partial charge in [-0.2, -0.15) is 0 Å². The molecule has 0 bridgehead atoms. The van der Waals surface area contributed by atoms with Crippen LogP contribution in [-0.4, -0.2) is 11.7 Å².